The van der Waals surface area contributed by atoms with Gasteiger partial charge in [0.2, 0.25) is 5.91 Å². The molecule has 1 aromatic carbocycles. The molecule has 0 radical (unpaired) electrons. The van der Waals surface area contributed by atoms with Crippen molar-refractivity contribution in [2.24, 2.45) is 0 Å². The molecule has 0 aliphatic carbocycles. The monoisotopic (exact) mass is 394 g/mol. The Bertz CT molecular complexity index is 1030. The summed E-state index contributed by atoms with van der Waals surface area (Å²) in [7, 11) is 0. The van der Waals surface area contributed by atoms with E-state index in [1.54, 1.807) is 28.2 Å². The zero-order valence-electron chi connectivity index (χ0n) is 15.7. The molecule has 3 aromatic rings. The Kier molecular flexibility index (Phi) is 5.36. The van der Waals surface area contributed by atoms with Gasteiger partial charge in [-0.1, -0.05) is 6.07 Å². The van der Waals surface area contributed by atoms with Gasteiger partial charge < -0.3 is 10.2 Å². The number of aryl methyl sites for hydroxylation is 1. The van der Waals surface area contributed by atoms with Crippen LogP contribution in [0.1, 0.15) is 23.5 Å². The first-order valence-corrected chi connectivity index (χ1v) is 10.2. The molecule has 7 heteroatoms. The van der Waals surface area contributed by atoms with Gasteiger partial charge >= 0.3 is 0 Å². The minimum atomic E-state index is -0.202. The zero-order chi connectivity index (χ0) is 19.5. The quantitative estimate of drug-likeness (QED) is 0.723. The Morgan fingerprint density at radius 1 is 1.14 bits per heavy atom. The minimum Gasteiger partial charge on any atom is -0.311 e. The fourth-order valence-corrected chi connectivity index (χ4v) is 4.08. The van der Waals surface area contributed by atoms with Crippen molar-refractivity contribution >= 4 is 22.9 Å². The van der Waals surface area contributed by atoms with Crippen molar-refractivity contribution in [3.63, 3.8) is 0 Å². The normalized spacial score (nSPS) is 17.1. The van der Waals surface area contributed by atoms with Gasteiger partial charge in [-0.15, -0.1) is 11.3 Å². The number of anilines is 1. The van der Waals surface area contributed by atoms with Crippen molar-refractivity contribution in [1.82, 2.24) is 14.9 Å². The molecule has 1 amide bonds. The van der Waals surface area contributed by atoms with Crippen LogP contribution in [0.5, 0.6) is 0 Å². The Morgan fingerprint density at radius 3 is 2.64 bits per heavy atom. The first-order valence-electron chi connectivity index (χ1n) is 9.36. The first-order chi connectivity index (χ1) is 13.6. The van der Waals surface area contributed by atoms with Gasteiger partial charge in [-0.25, -0.2) is 4.98 Å². The molecule has 2 aromatic heterocycles. The van der Waals surface area contributed by atoms with Crippen molar-refractivity contribution in [3.8, 4) is 5.69 Å². The number of aromatic nitrogens is 2. The highest BCUT2D eigenvalue weighted by molar-refractivity contribution is 7.09. The van der Waals surface area contributed by atoms with Gasteiger partial charge in [-0.3, -0.25) is 14.2 Å². The molecule has 1 fully saturated rings. The second-order valence-corrected chi connectivity index (χ2v) is 7.91. The second-order valence-electron chi connectivity index (χ2n) is 6.85. The van der Waals surface area contributed by atoms with Crippen molar-refractivity contribution in [3.05, 3.63) is 75.1 Å². The summed E-state index contributed by atoms with van der Waals surface area (Å²) in [6.07, 6.45) is 3.51. The van der Waals surface area contributed by atoms with Crippen LogP contribution in [-0.2, 0) is 11.3 Å². The topological polar surface area (TPSA) is 67.2 Å². The zero-order valence-corrected chi connectivity index (χ0v) is 16.5. The standard InChI is InChI=1S/C21H22N4O2S/c1-15-23-16(14-28-15)13-22-19-5-4-12-25(21(19)27)18-9-7-17(8-10-18)24-11-3-2-6-20(24)26/h2-3,6-11,14,19,22H,4-5,12-13H2,1H3. The lowest BCUT2D eigenvalue weighted by Crippen LogP contribution is -2.50. The number of benzene rings is 1. The van der Waals surface area contributed by atoms with E-state index in [-0.39, 0.29) is 17.5 Å². The lowest BCUT2D eigenvalue weighted by atomic mass is 10.0. The average Bonchev–Trinajstić information content (AvgIpc) is 3.13. The van der Waals surface area contributed by atoms with Crippen LogP contribution in [0.2, 0.25) is 0 Å². The molecule has 3 heterocycles. The van der Waals surface area contributed by atoms with Gasteiger partial charge in [0.1, 0.15) is 0 Å². The van der Waals surface area contributed by atoms with E-state index in [0.29, 0.717) is 13.1 Å². The van der Waals surface area contributed by atoms with E-state index in [9.17, 15) is 9.59 Å². The first kappa shape index (κ1) is 18.6. The van der Waals surface area contributed by atoms with Crippen LogP contribution in [0.15, 0.2) is 58.8 Å². The number of thiazole rings is 1. The maximum Gasteiger partial charge on any atom is 0.255 e. The van der Waals surface area contributed by atoms with Gasteiger partial charge in [-0.2, -0.15) is 0 Å². The van der Waals surface area contributed by atoms with E-state index in [1.165, 1.54) is 6.07 Å². The van der Waals surface area contributed by atoms with Crippen molar-refractivity contribution in [2.75, 3.05) is 11.4 Å². The highest BCUT2D eigenvalue weighted by atomic mass is 32.1. The molecule has 144 valence electrons. The van der Waals surface area contributed by atoms with E-state index >= 15 is 0 Å². The highest BCUT2D eigenvalue weighted by Crippen LogP contribution is 2.23. The number of rotatable bonds is 5. The molecule has 4 rings (SSSR count). The van der Waals surface area contributed by atoms with Crippen LogP contribution in [0, 0.1) is 6.92 Å². The van der Waals surface area contributed by atoms with E-state index < -0.39 is 0 Å². The number of piperidine rings is 1. The lowest BCUT2D eigenvalue weighted by Gasteiger charge is -2.32. The fourth-order valence-electron chi connectivity index (χ4n) is 3.47. The molecule has 1 N–H and O–H groups in total. The van der Waals surface area contributed by atoms with Crippen LogP contribution >= 0.6 is 11.3 Å². The van der Waals surface area contributed by atoms with Gasteiger partial charge in [0.05, 0.1) is 16.7 Å². The molecule has 1 atom stereocenters. The van der Waals surface area contributed by atoms with E-state index in [4.69, 9.17) is 0 Å². The van der Waals surface area contributed by atoms with Crippen LogP contribution in [0.3, 0.4) is 0 Å². The average molecular weight is 395 g/mol. The summed E-state index contributed by atoms with van der Waals surface area (Å²) in [6, 6.07) is 12.4. The third-order valence-corrected chi connectivity index (χ3v) is 5.72. The molecule has 0 spiro atoms. The summed E-state index contributed by atoms with van der Waals surface area (Å²) < 4.78 is 1.59. The number of carbonyl (C=O) groups excluding carboxylic acids is 1. The van der Waals surface area contributed by atoms with Crippen LogP contribution in [0.25, 0.3) is 5.69 Å². The molecule has 1 aliphatic heterocycles. The Hall–Kier alpha value is -2.77. The van der Waals surface area contributed by atoms with Crippen molar-refractivity contribution in [1.29, 1.82) is 0 Å². The smallest absolute Gasteiger partial charge is 0.255 e. The third-order valence-electron chi connectivity index (χ3n) is 4.90. The highest BCUT2D eigenvalue weighted by Gasteiger charge is 2.29. The Balaban J connectivity index is 1.46. The number of hydrogen-bond donors (Lipinski definition) is 1. The van der Waals surface area contributed by atoms with Crippen LogP contribution in [0.4, 0.5) is 5.69 Å². The SMILES string of the molecule is Cc1nc(CNC2CCCN(c3ccc(-n4ccccc4=O)cc3)C2=O)cs1. The number of amides is 1. The molecular formula is C21H22N4O2S. The molecule has 1 unspecified atom stereocenters. The van der Waals surface area contributed by atoms with Crippen LogP contribution < -0.4 is 15.8 Å². The van der Waals surface area contributed by atoms with Gasteiger partial charge in [0.25, 0.3) is 5.56 Å². The maximum atomic E-state index is 13.0. The summed E-state index contributed by atoms with van der Waals surface area (Å²) in [5, 5.41) is 6.41. The second kappa shape index (κ2) is 8.08. The van der Waals surface area contributed by atoms with Gasteiger partial charge in [0, 0.05) is 42.1 Å². The number of nitrogens with one attached hydrogen (secondary N) is 1. The Labute approximate surface area is 167 Å². The fraction of sp³-hybridized carbons (Fsp3) is 0.286. The van der Waals surface area contributed by atoms with Crippen molar-refractivity contribution in [2.45, 2.75) is 32.4 Å². The molecule has 6 nitrogen and oxygen atoms in total. The van der Waals surface area contributed by atoms with Gasteiger partial charge in [0.15, 0.2) is 0 Å². The predicted octanol–water partition coefficient (Wildman–Crippen LogP) is 2.89. The summed E-state index contributed by atoms with van der Waals surface area (Å²) >= 11 is 1.62. The number of nitrogens with zero attached hydrogens (tertiary/aromatic N) is 3. The number of hydrogen-bond acceptors (Lipinski definition) is 5. The molecule has 0 bridgehead atoms. The lowest BCUT2D eigenvalue weighted by molar-refractivity contribution is -0.121. The number of pyridine rings is 1. The van der Waals surface area contributed by atoms with E-state index in [0.717, 1.165) is 34.9 Å². The van der Waals surface area contributed by atoms with Crippen molar-refractivity contribution < 1.29 is 4.79 Å². The third kappa shape index (κ3) is 3.90. The predicted molar refractivity (Wildman–Crippen MR) is 111 cm³/mol. The van der Waals surface area contributed by atoms with E-state index in [2.05, 4.69) is 10.3 Å². The minimum absolute atomic E-state index is 0.0779. The summed E-state index contributed by atoms with van der Waals surface area (Å²) in [5.41, 5.74) is 2.54. The molecule has 28 heavy (non-hydrogen) atoms. The maximum absolute atomic E-state index is 13.0. The largest absolute Gasteiger partial charge is 0.311 e. The molecule has 1 aliphatic rings. The molecular weight excluding hydrogens is 372 g/mol. The summed E-state index contributed by atoms with van der Waals surface area (Å²) in [4.78, 5) is 31.2. The van der Waals surface area contributed by atoms with Crippen LogP contribution in [-0.4, -0.2) is 28.0 Å². The Morgan fingerprint density at radius 2 is 1.93 bits per heavy atom. The summed E-state index contributed by atoms with van der Waals surface area (Å²) in [6.45, 7) is 3.29. The number of carbonyl (C=O) groups is 1. The summed E-state index contributed by atoms with van der Waals surface area (Å²) in [5.74, 6) is 0.0860. The van der Waals surface area contributed by atoms with Gasteiger partial charge in [-0.05, 0) is 50.1 Å². The van der Waals surface area contributed by atoms with E-state index in [1.807, 2.05) is 47.5 Å². The molecule has 0 saturated carbocycles. The molecule has 1 saturated heterocycles.